The molecule has 7 nitrogen and oxygen atoms in total. The van der Waals surface area contributed by atoms with E-state index in [-0.39, 0.29) is 22.8 Å². The van der Waals surface area contributed by atoms with Gasteiger partial charge in [0.1, 0.15) is 0 Å². The van der Waals surface area contributed by atoms with Gasteiger partial charge < -0.3 is 14.1 Å². The van der Waals surface area contributed by atoms with Crippen LogP contribution >= 0.6 is 0 Å². The van der Waals surface area contributed by atoms with Crippen molar-refractivity contribution < 1.29 is 22.4 Å². The van der Waals surface area contributed by atoms with Gasteiger partial charge in [0.15, 0.2) is 5.76 Å². The molecule has 0 saturated heterocycles. The molecular weight excluding hydrogens is 344 g/mol. The third kappa shape index (κ3) is 6.13. The Labute approximate surface area is 150 Å². The molecule has 1 aromatic rings. The van der Waals surface area contributed by atoms with Crippen molar-refractivity contribution >= 4 is 15.9 Å². The number of methoxy groups -OCH3 is 1. The number of ether oxygens (including phenoxy) is 1. The zero-order valence-corrected chi connectivity index (χ0v) is 16.8. The molecule has 0 atom stereocenters. The van der Waals surface area contributed by atoms with E-state index in [1.807, 2.05) is 13.8 Å². The first kappa shape index (κ1) is 21.7. The highest BCUT2D eigenvalue weighted by Gasteiger charge is 2.29. The Hall–Kier alpha value is -1.38. The van der Waals surface area contributed by atoms with Crippen LogP contribution in [-0.4, -0.2) is 51.1 Å². The first-order valence-electron chi connectivity index (χ1n) is 8.49. The molecule has 0 bridgehead atoms. The van der Waals surface area contributed by atoms with Crippen LogP contribution in [0.4, 0.5) is 0 Å². The van der Waals surface area contributed by atoms with Crippen molar-refractivity contribution in [3.05, 3.63) is 17.9 Å². The molecule has 0 aromatic carbocycles. The number of carbonyl (C=O) groups is 1. The molecule has 0 fully saturated rings. The lowest BCUT2D eigenvalue weighted by molar-refractivity contribution is 0.0553. The Balaban J connectivity index is 3.07. The van der Waals surface area contributed by atoms with Crippen molar-refractivity contribution in [2.45, 2.75) is 64.1 Å². The maximum absolute atomic E-state index is 12.8. The highest BCUT2D eigenvalue weighted by molar-refractivity contribution is 7.89. The maximum Gasteiger partial charge on any atom is 0.289 e. The first-order valence-corrected chi connectivity index (χ1v) is 9.97. The second kappa shape index (κ2) is 8.82. The van der Waals surface area contributed by atoms with E-state index in [1.54, 1.807) is 32.8 Å². The van der Waals surface area contributed by atoms with Gasteiger partial charge in [0.25, 0.3) is 15.9 Å². The zero-order valence-electron chi connectivity index (χ0n) is 16.0. The van der Waals surface area contributed by atoms with Gasteiger partial charge in [0.2, 0.25) is 5.09 Å². The van der Waals surface area contributed by atoms with E-state index in [2.05, 4.69) is 4.72 Å². The highest BCUT2D eigenvalue weighted by atomic mass is 32.2. The smallest absolute Gasteiger partial charge is 0.289 e. The summed E-state index contributed by atoms with van der Waals surface area (Å²) >= 11 is 0. The summed E-state index contributed by atoms with van der Waals surface area (Å²) in [7, 11) is -2.24. The van der Waals surface area contributed by atoms with Crippen LogP contribution < -0.4 is 4.72 Å². The van der Waals surface area contributed by atoms with Crippen LogP contribution in [-0.2, 0) is 14.8 Å². The number of rotatable bonds is 9. The van der Waals surface area contributed by atoms with Gasteiger partial charge in [0, 0.05) is 25.2 Å². The summed E-state index contributed by atoms with van der Waals surface area (Å²) in [6, 6.07) is 2.75. The molecule has 1 aromatic heterocycles. The van der Waals surface area contributed by atoms with E-state index < -0.39 is 15.6 Å². The lowest BCUT2D eigenvalue weighted by Crippen LogP contribution is -2.41. The van der Waals surface area contributed by atoms with Gasteiger partial charge in [-0.1, -0.05) is 13.8 Å². The molecule has 8 heteroatoms. The van der Waals surface area contributed by atoms with Gasteiger partial charge >= 0.3 is 0 Å². The second-order valence-electron chi connectivity index (χ2n) is 6.94. The van der Waals surface area contributed by atoms with Crippen molar-refractivity contribution in [2.24, 2.45) is 0 Å². The molecule has 0 spiro atoms. The Kier molecular flexibility index (Phi) is 7.64. The summed E-state index contributed by atoms with van der Waals surface area (Å²) in [4.78, 5) is 14.5. The van der Waals surface area contributed by atoms with E-state index in [0.29, 0.717) is 13.2 Å². The largest absolute Gasteiger partial charge is 0.438 e. The normalized spacial score (nSPS) is 12.6. The van der Waals surface area contributed by atoms with E-state index in [1.165, 1.54) is 12.1 Å². The first-order chi connectivity index (χ1) is 11.6. The molecule has 0 aliphatic heterocycles. The minimum Gasteiger partial charge on any atom is -0.438 e. The van der Waals surface area contributed by atoms with Crippen LogP contribution in [0.25, 0.3) is 0 Å². The summed E-state index contributed by atoms with van der Waals surface area (Å²) in [5, 5.41) is -0.262. The fourth-order valence-corrected chi connectivity index (χ4v) is 3.90. The van der Waals surface area contributed by atoms with Crippen molar-refractivity contribution in [1.29, 1.82) is 0 Å². The Morgan fingerprint density at radius 2 is 1.88 bits per heavy atom. The number of nitrogens with one attached hydrogen (secondary N) is 1. The number of furan rings is 1. The Morgan fingerprint density at radius 3 is 2.36 bits per heavy atom. The predicted octanol–water partition coefficient (Wildman–Crippen LogP) is 2.63. The lowest BCUT2D eigenvalue weighted by Gasteiger charge is -2.29. The van der Waals surface area contributed by atoms with Crippen LogP contribution in [0.5, 0.6) is 0 Å². The molecule has 0 aliphatic rings. The summed E-state index contributed by atoms with van der Waals surface area (Å²) in [5.74, 6) is -0.319. The fourth-order valence-electron chi connectivity index (χ4n) is 2.54. The molecule has 0 radical (unpaired) electrons. The number of hydrogen-bond acceptors (Lipinski definition) is 5. The van der Waals surface area contributed by atoms with Crippen LogP contribution in [0.2, 0.25) is 0 Å². The zero-order chi connectivity index (χ0) is 19.3. The molecule has 0 aliphatic carbocycles. The molecule has 0 saturated carbocycles. The third-order valence-corrected chi connectivity index (χ3v) is 5.31. The fraction of sp³-hybridized carbons (Fsp3) is 0.706. The summed E-state index contributed by atoms with van der Waals surface area (Å²) in [6.45, 7) is 10.0. The number of amides is 1. The van der Waals surface area contributed by atoms with Gasteiger partial charge in [0.05, 0.1) is 6.61 Å². The minimum atomic E-state index is -3.82. The molecule has 1 N–H and O–H groups in total. The standard InChI is InChI=1S/C17H30N2O5S/c1-7-13(8-2)19(11-12-23-6)16(20)14-9-10-15(24-14)25(21,22)18-17(3,4)5/h9-10,13,18H,7-8,11-12H2,1-6H3. The van der Waals surface area contributed by atoms with Gasteiger partial charge in [-0.25, -0.2) is 13.1 Å². The number of carbonyl (C=O) groups excluding carboxylic acids is 1. The molecular formula is C17H30N2O5S. The molecule has 25 heavy (non-hydrogen) atoms. The van der Waals surface area contributed by atoms with E-state index in [4.69, 9.17) is 9.15 Å². The highest BCUT2D eigenvalue weighted by Crippen LogP contribution is 2.20. The topological polar surface area (TPSA) is 88.8 Å². The average Bonchev–Trinajstić information content (AvgIpc) is 2.99. The second-order valence-corrected chi connectivity index (χ2v) is 8.55. The molecule has 1 heterocycles. The molecule has 0 unspecified atom stereocenters. The number of hydrogen-bond donors (Lipinski definition) is 1. The van der Waals surface area contributed by atoms with Crippen LogP contribution in [0, 0.1) is 0 Å². The maximum atomic E-state index is 12.8. The quantitative estimate of drug-likeness (QED) is 0.718. The molecule has 1 amide bonds. The Morgan fingerprint density at radius 1 is 1.28 bits per heavy atom. The predicted molar refractivity (Wildman–Crippen MR) is 96.1 cm³/mol. The van der Waals surface area contributed by atoms with Crippen molar-refractivity contribution in [1.82, 2.24) is 9.62 Å². The Bertz CT molecular complexity index is 657. The lowest BCUT2D eigenvalue weighted by atomic mass is 10.1. The minimum absolute atomic E-state index is 0.0114. The summed E-state index contributed by atoms with van der Waals surface area (Å²) in [6.07, 6.45) is 1.59. The van der Waals surface area contributed by atoms with Gasteiger partial charge in [-0.3, -0.25) is 4.79 Å². The number of nitrogens with zero attached hydrogens (tertiary/aromatic N) is 1. The van der Waals surface area contributed by atoms with Gasteiger partial charge in [-0.2, -0.15) is 0 Å². The van der Waals surface area contributed by atoms with Crippen molar-refractivity contribution in [3.63, 3.8) is 0 Å². The van der Waals surface area contributed by atoms with Gasteiger partial charge in [-0.05, 0) is 45.7 Å². The SMILES string of the molecule is CCC(CC)N(CCOC)C(=O)c1ccc(S(=O)(=O)NC(C)(C)C)o1. The summed E-state index contributed by atoms with van der Waals surface area (Å²) in [5.41, 5.74) is -0.643. The van der Waals surface area contributed by atoms with E-state index >= 15 is 0 Å². The van der Waals surface area contributed by atoms with Crippen LogP contribution in [0.1, 0.15) is 58.0 Å². The molecule has 1 rings (SSSR count). The number of sulfonamides is 1. The van der Waals surface area contributed by atoms with Gasteiger partial charge in [-0.15, -0.1) is 0 Å². The average molecular weight is 375 g/mol. The van der Waals surface area contributed by atoms with Crippen molar-refractivity contribution in [2.75, 3.05) is 20.3 Å². The van der Waals surface area contributed by atoms with Crippen molar-refractivity contribution in [3.8, 4) is 0 Å². The monoisotopic (exact) mass is 374 g/mol. The van der Waals surface area contributed by atoms with E-state index in [9.17, 15) is 13.2 Å². The van der Waals surface area contributed by atoms with Crippen LogP contribution in [0.3, 0.4) is 0 Å². The third-order valence-electron chi connectivity index (χ3n) is 3.68. The van der Waals surface area contributed by atoms with E-state index in [0.717, 1.165) is 12.8 Å². The molecule has 144 valence electrons. The van der Waals surface area contributed by atoms with Crippen LogP contribution in [0.15, 0.2) is 21.6 Å². The summed E-state index contributed by atoms with van der Waals surface area (Å²) < 4.78 is 37.6.